The van der Waals surface area contributed by atoms with Gasteiger partial charge in [-0.15, -0.1) is 0 Å². The lowest BCUT2D eigenvalue weighted by atomic mass is 9.95. The molecule has 138 valence electrons. The Labute approximate surface area is 149 Å². The van der Waals surface area contributed by atoms with E-state index in [1.165, 1.54) is 4.90 Å². The molecule has 2 heterocycles. The van der Waals surface area contributed by atoms with E-state index in [9.17, 15) is 4.79 Å². The van der Waals surface area contributed by atoms with Gasteiger partial charge in [0, 0.05) is 6.42 Å². The minimum atomic E-state index is -0.0370. The molecule has 0 radical (unpaired) electrons. The predicted octanol–water partition coefficient (Wildman–Crippen LogP) is 0.576. The third-order valence-electron chi connectivity index (χ3n) is 4.72. The molecule has 2 N–H and O–H groups in total. The molecular weight excluding hydrogens is 320 g/mol. The molecule has 2 aliphatic heterocycles. The Balaban J connectivity index is 1.68. The van der Waals surface area contributed by atoms with Crippen LogP contribution in [-0.2, 0) is 9.53 Å². The zero-order valence-electron chi connectivity index (χ0n) is 15.2. The second-order valence-corrected chi connectivity index (χ2v) is 7.09. The molecule has 0 aromatic heterocycles. The fourth-order valence-corrected chi connectivity index (χ4v) is 3.30. The Hall–Kier alpha value is -1.79. The summed E-state index contributed by atoms with van der Waals surface area (Å²) in [5, 5.41) is 3.21. The number of fused-ring (bicyclic) bond motifs is 1. The largest absolute Gasteiger partial charge is 0.490 e. The summed E-state index contributed by atoms with van der Waals surface area (Å²) in [4.78, 5) is 13.8. The van der Waals surface area contributed by atoms with E-state index in [0.29, 0.717) is 19.8 Å². The number of carbonyl (C=O) groups excluding carboxylic acids is 1. The molecule has 0 spiro atoms. The summed E-state index contributed by atoms with van der Waals surface area (Å²) in [7, 11) is 0. The molecule has 0 bridgehead atoms. The Morgan fingerprint density at radius 2 is 1.84 bits per heavy atom. The number of nitrogens with one attached hydrogen (secondary N) is 2. The van der Waals surface area contributed by atoms with Crippen molar-refractivity contribution in [3.8, 4) is 11.5 Å². The van der Waals surface area contributed by atoms with E-state index in [0.717, 1.165) is 49.8 Å². The fraction of sp³-hybridized carbons (Fsp3) is 0.632. The molecule has 1 amide bonds. The SMILES string of the molecule is CC(C)[C@@H](NC(=O)C[NH+]1CCOCC1)c1ccc2c(c1)OCCCO2. The molecule has 0 saturated carbocycles. The van der Waals surface area contributed by atoms with Gasteiger partial charge in [0.15, 0.2) is 18.0 Å². The van der Waals surface area contributed by atoms with Crippen LogP contribution in [0.1, 0.15) is 31.9 Å². The first-order valence-electron chi connectivity index (χ1n) is 9.23. The van der Waals surface area contributed by atoms with Crippen molar-refractivity contribution in [1.82, 2.24) is 5.32 Å². The van der Waals surface area contributed by atoms with E-state index >= 15 is 0 Å². The van der Waals surface area contributed by atoms with Crippen LogP contribution in [0.25, 0.3) is 0 Å². The highest BCUT2D eigenvalue weighted by atomic mass is 16.5. The molecule has 0 unspecified atom stereocenters. The van der Waals surface area contributed by atoms with Crippen LogP contribution in [0.15, 0.2) is 18.2 Å². The van der Waals surface area contributed by atoms with Crippen molar-refractivity contribution >= 4 is 5.91 Å². The first kappa shape index (κ1) is 18.0. The van der Waals surface area contributed by atoms with E-state index in [2.05, 4.69) is 19.2 Å². The van der Waals surface area contributed by atoms with E-state index in [4.69, 9.17) is 14.2 Å². The van der Waals surface area contributed by atoms with Gasteiger partial charge in [0.05, 0.1) is 32.5 Å². The zero-order chi connectivity index (χ0) is 17.6. The number of hydrogen-bond acceptors (Lipinski definition) is 4. The van der Waals surface area contributed by atoms with Crippen molar-refractivity contribution < 1.29 is 23.9 Å². The van der Waals surface area contributed by atoms with Crippen LogP contribution in [0.2, 0.25) is 0 Å². The summed E-state index contributed by atoms with van der Waals surface area (Å²) >= 11 is 0. The third-order valence-corrected chi connectivity index (χ3v) is 4.72. The first-order chi connectivity index (χ1) is 12.1. The van der Waals surface area contributed by atoms with Crippen LogP contribution in [0.5, 0.6) is 11.5 Å². The smallest absolute Gasteiger partial charge is 0.275 e. The van der Waals surface area contributed by atoms with Crippen LogP contribution in [0, 0.1) is 5.92 Å². The lowest BCUT2D eigenvalue weighted by molar-refractivity contribution is -0.900. The molecule has 6 nitrogen and oxygen atoms in total. The highest BCUT2D eigenvalue weighted by Crippen LogP contribution is 2.34. The number of morpholine rings is 1. The first-order valence-corrected chi connectivity index (χ1v) is 9.23. The predicted molar refractivity (Wildman–Crippen MR) is 94.2 cm³/mol. The van der Waals surface area contributed by atoms with Gasteiger partial charge < -0.3 is 24.4 Å². The van der Waals surface area contributed by atoms with E-state index < -0.39 is 0 Å². The van der Waals surface area contributed by atoms with Gasteiger partial charge >= 0.3 is 0 Å². The summed E-state index contributed by atoms with van der Waals surface area (Å²) < 4.78 is 16.8. The minimum absolute atomic E-state index is 0.0370. The monoisotopic (exact) mass is 349 g/mol. The maximum absolute atomic E-state index is 12.5. The molecule has 1 fully saturated rings. The van der Waals surface area contributed by atoms with Crippen molar-refractivity contribution in [2.24, 2.45) is 5.92 Å². The van der Waals surface area contributed by atoms with Crippen LogP contribution >= 0.6 is 0 Å². The zero-order valence-corrected chi connectivity index (χ0v) is 15.2. The molecule has 25 heavy (non-hydrogen) atoms. The lowest BCUT2D eigenvalue weighted by Gasteiger charge is -2.27. The second-order valence-electron chi connectivity index (χ2n) is 7.09. The fourth-order valence-electron chi connectivity index (χ4n) is 3.30. The molecular formula is C19H29N2O4+. The molecule has 1 aromatic carbocycles. The Bertz CT molecular complexity index is 585. The van der Waals surface area contributed by atoms with E-state index in [-0.39, 0.29) is 17.9 Å². The molecule has 6 heteroatoms. The van der Waals surface area contributed by atoms with Crippen LogP contribution in [-0.4, -0.2) is 52.0 Å². The number of benzene rings is 1. The average molecular weight is 349 g/mol. The average Bonchev–Trinajstić information content (AvgIpc) is 2.85. The summed E-state index contributed by atoms with van der Waals surface area (Å²) in [6, 6.07) is 5.95. The Kier molecular flexibility index (Phi) is 6.15. The van der Waals surface area contributed by atoms with Crippen molar-refractivity contribution in [3.63, 3.8) is 0 Å². The van der Waals surface area contributed by atoms with Gasteiger partial charge in [0.2, 0.25) is 0 Å². The van der Waals surface area contributed by atoms with Crippen LogP contribution in [0.4, 0.5) is 0 Å². The van der Waals surface area contributed by atoms with Crippen LogP contribution < -0.4 is 19.7 Å². The number of amides is 1. The van der Waals surface area contributed by atoms with Gasteiger partial charge in [-0.05, 0) is 23.6 Å². The van der Waals surface area contributed by atoms with Crippen molar-refractivity contribution in [2.45, 2.75) is 26.3 Å². The van der Waals surface area contributed by atoms with Crippen molar-refractivity contribution in [2.75, 3.05) is 46.1 Å². The standard InChI is InChI=1S/C19H28N2O4/c1-14(2)19(20-18(22)13-21-6-10-23-11-7-21)15-4-5-16-17(12-15)25-9-3-8-24-16/h4-5,12,14,19H,3,6-11,13H2,1-2H3,(H,20,22)/p+1/t19-/m1/s1. The van der Waals surface area contributed by atoms with Gasteiger partial charge in [-0.2, -0.15) is 0 Å². The lowest BCUT2D eigenvalue weighted by Crippen LogP contribution is -3.15. The van der Waals surface area contributed by atoms with Gasteiger partial charge in [-0.25, -0.2) is 0 Å². The second kappa shape index (κ2) is 8.54. The highest BCUT2D eigenvalue weighted by Gasteiger charge is 2.24. The molecule has 1 atom stereocenters. The summed E-state index contributed by atoms with van der Waals surface area (Å²) in [5.41, 5.74) is 1.06. The van der Waals surface area contributed by atoms with Crippen molar-refractivity contribution in [1.29, 1.82) is 0 Å². The topological polar surface area (TPSA) is 61.2 Å². The normalized spacial score (nSPS) is 19.3. The van der Waals surface area contributed by atoms with E-state index in [1.807, 2.05) is 18.2 Å². The third kappa shape index (κ3) is 4.86. The number of hydrogen-bond donors (Lipinski definition) is 2. The Morgan fingerprint density at radius 3 is 2.56 bits per heavy atom. The maximum atomic E-state index is 12.5. The number of rotatable bonds is 5. The van der Waals surface area contributed by atoms with Gasteiger partial charge in [0.25, 0.3) is 5.91 Å². The molecule has 0 aliphatic carbocycles. The quantitative estimate of drug-likeness (QED) is 0.816. The van der Waals surface area contributed by atoms with Crippen LogP contribution in [0.3, 0.4) is 0 Å². The number of ether oxygens (including phenoxy) is 3. The highest BCUT2D eigenvalue weighted by molar-refractivity contribution is 5.77. The maximum Gasteiger partial charge on any atom is 0.275 e. The molecule has 1 aromatic rings. The van der Waals surface area contributed by atoms with Gasteiger partial charge in [-0.1, -0.05) is 19.9 Å². The number of carbonyl (C=O) groups is 1. The molecule has 3 rings (SSSR count). The van der Waals surface area contributed by atoms with Gasteiger partial charge in [0.1, 0.15) is 13.1 Å². The summed E-state index contributed by atoms with van der Waals surface area (Å²) in [5.74, 6) is 1.93. The minimum Gasteiger partial charge on any atom is -0.490 e. The van der Waals surface area contributed by atoms with E-state index in [1.54, 1.807) is 0 Å². The van der Waals surface area contributed by atoms with Crippen molar-refractivity contribution in [3.05, 3.63) is 23.8 Å². The Morgan fingerprint density at radius 1 is 1.12 bits per heavy atom. The summed E-state index contributed by atoms with van der Waals surface area (Å²) in [6.07, 6.45) is 0.886. The van der Waals surface area contributed by atoms with Gasteiger partial charge in [-0.3, -0.25) is 4.79 Å². The summed E-state index contributed by atoms with van der Waals surface area (Å²) in [6.45, 7) is 9.33. The molecule has 1 saturated heterocycles. The molecule has 2 aliphatic rings. The number of quaternary nitrogens is 1.